The number of ether oxygens (including phenoxy) is 1. The zero-order valence-corrected chi connectivity index (χ0v) is 16.7. The van der Waals surface area contributed by atoms with Gasteiger partial charge in [0.05, 0.1) is 12.0 Å². The number of ketones is 1. The highest BCUT2D eigenvalue weighted by Gasteiger charge is 2.17. The summed E-state index contributed by atoms with van der Waals surface area (Å²) in [5.41, 5.74) is 1.43. The average Bonchev–Trinajstić information content (AvgIpc) is 2.70. The predicted molar refractivity (Wildman–Crippen MR) is 109 cm³/mol. The van der Waals surface area contributed by atoms with Crippen LogP contribution in [0.5, 0.6) is 11.5 Å². The Morgan fingerprint density at radius 2 is 1.97 bits per heavy atom. The van der Waals surface area contributed by atoms with Gasteiger partial charge in [-0.15, -0.1) is 0 Å². The van der Waals surface area contributed by atoms with Crippen LogP contribution in [0.2, 0.25) is 0 Å². The molecule has 0 saturated carbocycles. The molecule has 30 heavy (non-hydrogen) atoms. The Bertz CT molecular complexity index is 1180. The van der Waals surface area contributed by atoms with E-state index in [1.165, 1.54) is 29.8 Å². The molecule has 0 saturated heterocycles. The van der Waals surface area contributed by atoms with Crippen LogP contribution in [0.3, 0.4) is 0 Å². The number of phenols is 1. The number of carbonyl (C=O) groups excluding carboxylic acids is 1. The lowest BCUT2D eigenvalue weighted by Gasteiger charge is -2.15. The second-order valence-electron chi connectivity index (χ2n) is 6.92. The van der Waals surface area contributed by atoms with Gasteiger partial charge in [0.25, 0.3) is 5.56 Å². The molecule has 0 spiro atoms. The number of carboxylic acids is 1. The number of hydrogen-bond acceptors (Lipinski definition) is 6. The number of benzene rings is 1. The summed E-state index contributed by atoms with van der Waals surface area (Å²) in [7, 11) is 0. The highest BCUT2D eigenvalue weighted by Crippen LogP contribution is 2.33. The summed E-state index contributed by atoms with van der Waals surface area (Å²) in [6.45, 7) is 3.42. The van der Waals surface area contributed by atoms with Gasteiger partial charge in [0.15, 0.2) is 5.78 Å². The molecule has 3 rings (SSSR count). The molecule has 2 aromatic heterocycles. The Morgan fingerprint density at radius 1 is 1.20 bits per heavy atom. The molecule has 2 N–H and O–H groups in total. The van der Waals surface area contributed by atoms with Crippen molar-refractivity contribution in [2.45, 2.75) is 39.7 Å². The standard InChI is InChI=1S/C22H22N2O6/c1-3-5-17-18(8-7-16(13(2)25)20(17)28)30-12-14-6-4-9-24-21(14)23-11-15(22(24)29)10-19(26)27/h4,6-9,11,28H,3,5,10,12H2,1-2H3,(H,26,27). The summed E-state index contributed by atoms with van der Waals surface area (Å²) in [5, 5.41) is 19.4. The molecule has 0 aliphatic heterocycles. The maximum atomic E-state index is 12.5. The van der Waals surface area contributed by atoms with E-state index in [1.807, 2.05) is 6.92 Å². The quantitative estimate of drug-likeness (QED) is 0.548. The van der Waals surface area contributed by atoms with Crippen molar-refractivity contribution in [3.63, 3.8) is 0 Å². The van der Waals surface area contributed by atoms with E-state index in [9.17, 15) is 19.5 Å². The monoisotopic (exact) mass is 410 g/mol. The van der Waals surface area contributed by atoms with Crippen LogP contribution in [-0.4, -0.2) is 31.4 Å². The van der Waals surface area contributed by atoms with E-state index < -0.39 is 17.9 Å². The smallest absolute Gasteiger partial charge is 0.308 e. The zero-order valence-electron chi connectivity index (χ0n) is 16.7. The van der Waals surface area contributed by atoms with Crippen molar-refractivity contribution in [1.82, 2.24) is 9.38 Å². The van der Waals surface area contributed by atoms with Crippen LogP contribution in [0.4, 0.5) is 0 Å². The Hall–Kier alpha value is -3.68. The molecule has 0 bridgehead atoms. The molecule has 0 radical (unpaired) electrons. The largest absolute Gasteiger partial charge is 0.507 e. The molecule has 8 heteroatoms. The molecule has 1 aromatic carbocycles. The normalized spacial score (nSPS) is 10.9. The third-order valence-electron chi connectivity index (χ3n) is 4.73. The Kier molecular flexibility index (Phi) is 6.15. The minimum atomic E-state index is -1.11. The third-order valence-corrected chi connectivity index (χ3v) is 4.73. The minimum absolute atomic E-state index is 0.0740. The summed E-state index contributed by atoms with van der Waals surface area (Å²) in [6, 6.07) is 6.58. The van der Waals surface area contributed by atoms with Crippen molar-refractivity contribution in [2.75, 3.05) is 0 Å². The summed E-state index contributed by atoms with van der Waals surface area (Å²) in [5.74, 6) is -0.963. The van der Waals surface area contributed by atoms with Gasteiger partial charge in [-0.2, -0.15) is 0 Å². The van der Waals surface area contributed by atoms with E-state index in [0.29, 0.717) is 28.9 Å². The number of aromatic hydroxyl groups is 1. The molecule has 0 fully saturated rings. The molecule has 0 aliphatic rings. The second-order valence-corrected chi connectivity index (χ2v) is 6.92. The molecule has 0 atom stereocenters. The van der Waals surface area contributed by atoms with E-state index in [-0.39, 0.29) is 29.3 Å². The fourth-order valence-electron chi connectivity index (χ4n) is 3.28. The van der Waals surface area contributed by atoms with Crippen molar-refractivity contribution in [3.8, 4) is 11.5 Å². The van der Waals surface area contributed by atoms with Crippen molar-refractivity contribution in [3.05, 3.63) is 69.3 Å². The molecule has 0 aliphatic carbocycles. The van der Waals surface area contributed by atoms with Gasteiger partial charge in [-0.05, 0) is 31.5 Å². The van der Waals surface area contributed by atoms with Gasteiger partial charge >= 0.3 is 5.97 Å². The number of carboxylic acid groups (broad SMARTS) is 1. The van der Waals surface area contributed by atoms with E-state index >= 15 is 0 Å². The number of nitrogens with zero attached hydrogens (tertiary/aromatic N) is 2. The van der Waals surface area contributed by atoms with Crippen LogP contribution in [0.25, 0.3) is 5.65 Å². The lowest BCUT2D eigenvalue weighted by atomic mass is 10.0. The van der Waals surface area contributed by atoms with E-state index in [2.05, 4.69) is 4.98 Å². The number of carbonyl (C=O) groups is 2. The first-order valence-electron chi connectivity index (χ1n) is 9.52. The van der Waals surface area contributed by atoms with Gasteiger partial charge in [0.1, 0.15) is 23.8 Å². The lowest BCUT2D eigenvalue weighted by Crippen LogP contribution is -2.22. The Labute approximate surface area is 172 Å². The van der Waals surface area contributed by atoms with Crippen molar-refractivity contribution >= 4 is 17.4 Å². The highest BCUT2D eigenvalue weighted by atomic mass is 16.5. The minimum Gasteiger partial charge on any atom is -0.507 e. The zero-order chi connectivity index (χ0) is 21.8. The first kappa shape index (κ1) is 21.0. The molecular weight excluding hydrogens is 388 g/mol. The summed E-state index contributed by atoms with van der Waals surface area (Å²) in [6.07, 6.45) is 3.68. The molecule has 0 amide bonds. The molecule has 3 aromatic rings. The first-order valence-corrected chi connectivity index (χ1v) is 9.52. The van der Waals surface area contributed by atoms with Crippen LogP contribution in [0.1, 0.15) is 47.3 Å². The van der Waals surface area contributed by atoms with Crippen LogP contribution in [0.15, 0.2) is 41.5 Å². The number of phenolic OH excluding ortho intramolecular Hbond substituents is 1. The molecule has 156 valence electrons. The number of hydrogen-bond donors (Lipinski definition) is 2. The summed E-state index contributed by atoms with van der Waals surface area (Å²) in [4.78, 5) is 39.4. The number of fused-ring (bicyclic) bond motifs is 1. The number of pyridine rings is 1. The van der Waals surface area contributed by atoms with E-state index in [4.69, 9.17) is 9.84 Å². The van der Waals surface area contributed by atoms with Gasteiger partial charge < -0.3 is 14.9 Å². The van der Waals surface area contributed by atoms with E-state index in [0.717, 1.165) is 6.42 Å². The van der Waals surface area contributed by atoms with Gasteiger partial charge in [0.2, 0.25) is 0 Å². The van der Waals surface area contributed by atoms with Crippen LogP contribution < -0.4 is 10.3 Å². The molecule has 2 heterocycles. The van der Waals surface area contributed by atoms with Crippen molar-refractivity contribution in [1.29, 1.82) is 0 Å². The first-order chi connectivity index (χ1) is 14.3. The Morgan fingerprint density at radius 3 is 2.63 bits per heavy atom. The fourth-order valence-corrected chi connectivity index (χ4v) is 3.28. The van der Waals surface area contributed by atoms with Crippen molar-refractivity contribution < 1.29 is 24.5 Å². The molecule has 0 unspecified atom stereocenters. The fraction of sp³-hybridized carbons (Fsp3) is 0.273. The van der Waals surface area contributed by atoms with Gasteiger partial charge in [0, 0.05) is 29.1 Å². The maximum Gasteiger partial charge on any atom is 0.308 e. The number of Topliss-reactive ketones (excluding diaryl/α,β-unsaturated/α-hetero) is 1. The average molecular weight is 410 g/mol. The van der Waals surface area contributed by atoms with Gasteiger partial charge in [-0.3, -0.25) is 18.8 Å². The predicted octanol–water partition coefficient (Wildman–Crippen LogP) is 2.76. The number of aromatic nitrogens is 2. The van der Waals surface area contributed by atoms with Crippen molar-refractivity contribution in [2.24, 2.45) is 0 Å². The maximum absolute atomic E-state index is 12.5. The summed E-state index contributed by atoms with van der Waals surface area (Å²) < 4.78 is 7.21. The van der Waals surface area contributed by atoms with Gasteiger partial charge in [-0.1, -0.05) is 19.4 Å². The second kappa shape index (κ2) is 8.77. The molecule has 8 nitrogen and oxygen atoms in total. The van der Waals surface area contributed by atoms with Crippen LogP contribution >= 0.6 is 0 Å². The van der Waals surface area contributed by atoms with E-state index in [1.54, 1.807) is 18.2 Å². The molecular formula is C22H22N2O6. The SMILES string of the molecule is CCCc1c(OCc2cccn3c(=O)c(CC(=O)O)cnc23)ccc(C(C)=O)c1O. The van der Waals surface area contributed by atoms with Crippen LogP contribution in [-0.2, 0) is 24.2 Å². The van der Waals surface area contributed by atoms with Gasteiger partial charge in [-0.25, -0.2) is 4.98 Å². The Balaban J connectivity index is 1.95. The highest BCUT2D eigenvalue weighted by molar-refractivity contribution is 5.97. The topological polar surface area (TPSA) is 118 Å². The third kappa shape index (κ3) is 4.17. The lowest BCUT2D eigenvalue weighted by molar-refractivity contribution is -0.136. The number of aliphatic carboxylic acids is 1. The van der Waals surface area contributed by atoms with Crippen LogP contribution in [0, 0.1) is 0 Å². The number of rotatable bonds is 8. The summed E-state index contributed by atoms with van der Waals surface area (Å²) >= 11 is 0.